The Morgan fingerprint density at radius 3 is 2.76 bits per heavy atom. The summed E-state index contributed by atoms with van der Waals surface area (Å²) in [7, 11) is 0. The van der Waals surface area contributed by atoms with Gasteiger partial charge in [-0.15, -0.1) is 0 Å². The molecule has 3 aliphatic heterocycles. The van der Waals surface area contributed by atoms with E-state index in [0.717, 1.165) is 5.56 Å². The van der Waals surface area contributed by atoms with Gasteiger partial charge in [0.2, 0.25) is 12.2 Å². The number of imidazole rings is 1. The number of rotatable bonds is 4. The van der Waals surface area contributed by atoms with Crippen LogP contribution in [0.5, 0.6) is 0 Å². The molecule has 1 aromatic carbocycles. The highest BCUT2D eigenvalue weighted by atomic mass is 16.6. The van der Waals surface area contributed by atoms with Crippen molar-refractivity contribution in [3.05, 3.63) is 60.3 Å². The molecule has 1 saturated heterocycles. The lowest BCUT2D eigenvalue weighted by Gasteiger charge is -2.30. The minimum atomic E-state index is -1.21. The Labute approximate surface area is 166 Å². The van der Waals surface area contributed by atoms with E-state index in [0.29, 0.717) is 24.0 Å². The topological polar surface area (TPSA) is 125 Å². The van der Waals surface area contributed by atoms with Crippen LogP contribution in [0.2, 0.25) is 0 Å². The van der Waals surface area contributed by atoms with Gasteiger partial charge in [0.1, 0.15) is 24.9 Å². The Kier molecular flexibility index (Phi) is 4.47. The zero-order valence-corrected chi connectivity index (χ0v) is 15.4. The Morgan fingerprint density at radius 2 is 2.00 bits per heavy atom. The molecule has 1 fully saturated rings. The molecule has 0 radical (unpaired) electrons. The predicted molar refractivity (Wildman–Crippen MR) is 102 cm³/mol. The van der Waals surface area contributed by atoms with Crippen molar-refractivity contribution in [1.29, 1.82) is 0 Å². The third-order valence-electron chi connectivity index (χ3n) is 5.21. The van der Waals surface area contributed by atoms with Crippen molar-refractivity contribution < 1.29 is 24.8 Å². The molecule has 0 saturated carbocycles. The van der Waals surface area contributed by atoms with Gasteiger partial charge < -0.3 is 30.1 Å². The van der Waals surface area contributed by atoms with E-state index < -0.39 is 37.4 Å². The van der Waals surface area contributed by atoms with E-state index in [2.05, 4.69) is 15.3 Å². The standard InChI is InChI=1S/C19H21N5O5/c25-8-12-14(26)15(27)18(29-12)24-10-21-13-16(28-9-11-4-2-1-3-5-11)22-19-20-6-7-23(19)17(13)24/h1-7,10,12,14-15,18-20,25-27H,8-9H2/t12-,14-,15-,18-,19-/m1/s1. The maximum atomic E-state index is 10.4. The zero-order valence-electron chi connectivity index (χ0n) is 15.4. The van der Waals surface area contributed by atoms with Gasteiger partial charge in [-0.3, -0.25) is 9.47 Å². The Hall–Kier alpha value is -2.92. The molecule has 1 aromatic heterocycles. The van der Waals surface area contributed by atoms with Crippen LogP contribution in [0.25, 0.3) is 0 Å². The van der Waals surface area contributed by atoms with Crippen molar-refractivity contribution in [3.63, 3.8) is 0 Å². The van der Waals surface area contributed by atoms with E-state index in [1.54, 1.807) is 17.0 Å². The van der Waals surface area contributed by atoms with Crippen LogP contribution >= 0.6 is 0 Å². The molecule has 0 bridgehead atoms. The number of nitrogens with one attached hydrogen (secondary N) is 1. The van der Waals surface area contributed by atoms with Crippen LogP contribution < -0.4 is 10.2 Å². The number of aliphatic hydroxyl groups is 3. The quantitative estimate of drug-likeness (QED) is 0.549. The van der Waals surface area contributed by atoms with Crippen LogP contribution in [0, 0.1) is 0 Å². The van der Waals surface area contributed by atoms with Gasteiger partial charge >= 0.3 is 0 Å². The molecule has 152 valence electrons. The van der Waals surface area contributed by atoms with Gasteiger partial charge in [0, 0.05) is 12.4 Å². The van der Waals surface area contributed by atoms with E-state index in [4.69, 9.17) is 9.47 Å². The Morgan fingerprint density at radius 1 is 1.17 bits per heavy atom. The van der Waals surface area contributed by atoms with Crippen molar-refractivity contribution in [3.8, 4) is 0 Å². The van der Waals surface area contributed by atoms with Crippen LogP contribution in [-0.4, -0.2) is 62.0 Å². The van der Waals surface area contributed by atoms with Crippen molar-refractivity contribution >= 4 is 11.7 Å². The molecule has 10 heteroatoms. The first kappa shape index (κ1) is 18.1. The highest BCUT2D eigenvalue weighted by Crippen LogP contribution is 2.37. The molecule has 3 aliphatic rings. The number of ether oxygens (including phenoxy) is 2. The third kappa shape index (κ3) is 2.97. The lowest BCUT2D eigenvalue weighted by molar-refractivity contribution is -0.0521. The van der Waals surface area contributed by atoms with Gasteiger partial charge in [0.15, 0.2) is 17.7 Å². The maximum Gasteiger partial charge on any atom is 0.243 e. The molecule has 10 nitrogen and oxygen atoms in total. The number of anilines is 1. The molecule has 2 aromatic rings. The van der Waals surface area contributed by atoms with Gasteiger partial charge in [-0.25, -0.2) is 9.98 Å². The normalized spacial score (nSPS) is 30.0. The van der Waals surface area contributed by atoms with E-state index >= 15 is 0 Å². The van der Waals surface area contributed by atoms with Crippen molar-refractivity contribution in [2.75, 3.05) is 11.5 Å². The summed E-state index contributed by atoms with van der Waals surface area (Å²) >= 11 is 0. The fourth-order valence-corrected chi connectivity index (χ4v) is 3.72. The number of nitrogens with zero attached hydrogens (tertiary/aromatic N) is 4. The number of aliphatic hydroxyl groups excluding tert-OH is 3. The molecule has 29 heavy (non-hydrogen) atoms. The predicted octanol–water partition coefficient (Wildman–Crippen LogP) is -0.364. The molecule has 0 aliphatic carbocycles. The largest absolute Gasteiger partial charge is 0.471 e. The zero-order chi connectivity index (χ0) is 20.0. The number of hydrogen-bond acceptors (Lipinski definition) is 9. The SMILES string of the molecule is OC[C@H]1O[C@@H](n2cnc3c2N2C=CN[C@@H]2N=C3OCc2ccccc2)[C@H](O)[C@@H]1O. The molecule has 0 amide bonds. The lowest BCUT2D eigenvalue weighted by atomic mass is 10.1. The second-order valence-electron chi connectivity index (χ2n) is 7.02. The highest BCUT2D eigenvalue weighted by molar-refractivity contribution is 5.99. The summed E-state index contributed by atoms with van der Waals surface area (Å²) in [6.07, 6.45) is 0.478. The molecule has 0 unspecified atom stereocenters. The van der Waals surface area contributed by atoms with E-state index in [-0.39, 0.29) is 0 Å². The Balaban J connectivity index is 1.47. The van der Waals surface area contributed by atoms with Crippen LogP contribution in [0.4, 0.5) is 5.82 Å². The van der Waals surface area contributed by atoms with Gasteiger partial charge in [0.05, 0.1) is 12.9 Å². The summed E-state index contributed by atoms with van der Waals surface area (Å²) in [6, 6.07) is 9.74. The van der Waals surface area contributed by atoms with Crippen LogP contribution in [0.15, 0.2) is 54.1 Å². The number of aliphatic imine (C=N–C) groups is 1. The summed E-state index contributed by atoms with van der Waals surface area (Å²) in [6.45, 7) is -0.0632. The number of aromatic nitrogens is 2. The molecule has 5 rings (SSSR count). The molecule has 5 atom stereocenters. The molecule has 4 N–H and O–H groups in total. The number of fused-ring (bicyclic) bond motifs is 3. The minimum Gasteiger partial charge on any atom is -0.471 e. The van der Waals surface area contributed by atoms with Gasteiger partial charge in [-0.05, 0) is 5.56 Å². The van der Waals surface area contributed by atoms with Crippen LogP contribution in [-0.2, 0) is 16.1 Å². The van der Waals surface area contributed by atoms with Gasteiger partial charge in [-0.2, -0.15) is 0 Å². The van der Waals surface area contributed by atoms with Crippen LogP contribution in [0.3, 0.4) is 0 Å². The number of benzene rings is 1. The first-order chi connectivity index (χ1) is 14.2. The van der Waals surface area contributed by atoms with Crippen LogP contribution in [0.1, 0.15) is 17.5 Å². The molecular weight excluding hydrogens is 378 g/mol. The fourth-order valence-electron chi connectivity index (χ4n) is 3.72. The summed E-state index contributed by atoms with van der Waals surface area (Å²) in [4.78, 5) is 10.9. The highest BCUT2D eigenvalue weighted by Gasteiger charge is 2.46. The second kappa shape index (κ2) is 7.16. The first-order valence-electron chi connectivity index (χ1n) is 9.32. The third-order valence-corrected chi connectivity index (χ3v) is 5.21. The minimum absolute atomic E-state index is 0.333. The summed E-state index contributed by atoms with van der Waals surface area (Å²) in [5, 5.41) is 33.1. The second-order valence-corrected chi connectivity index (χ2v) is 7.02. The molecule has 0 spiro atoms. The monoisotopic (exact) mass is 399 g/mol. The molecule has 4 heterocycles. The van der Waals surface area contributed by atoms with E-state index in [9.17, 15) is 15.3 Å². The Bertz CT molecular complexity index is 946. The first-order valence-corrected chi connectivity index (χ1v) is 9.32. The lowest BCUT2D eigenvalue weighted by Crippen LogP contribution is -2.41. The van der Waals surface area contributed by atoms with E-state index in [1.807, 2.05) is 35.2 Å². The summed E-state index contributed by atoms with van der Waals surface area (Å²) < 4.78 is 13.3. The van der Waals surface area contributed by atoms with Gasteiger partial charge in [0.25, 0.3) is 0 Å². The van der Waals surface area contributed by atoms with Crippen molar-refractivity contribution in [2.45, 2.75) is 37.4 Å². The van der Waals surface area contributed by atoms with E-state index in [1.165, 1.54) is 6.33 Å². The average Bonchev–Trinajstić information content (AvgIpc) is 3.45. The maximum absolute atomic E-state index is 10.4. The van der Waals surface area contributed by atoms with Gasteiger partial charge in [-0.1, -0.05) is 30.3 Å². The summed E-state index contributed by atoms with van der Waals surface area (Å²) in [5.41, 5.74) is 1.50. The summed E-state index contributed by atoms with van der Waals surface area (Å²) in [5.74, 6) is 0.982. The van der Waals surface area contributed by atoms with Crippen molar-refractivity contribution in [1.82, 2.24) is 14.9 Å². The van der Waals surface area contributed by atoms with Crippen molar-refractivity contribution in [2.24, 2.45) is 4.99 Å². The fraction of sp³-hybridized carbons (Fsp3) is 0.368. The number of hydrogen-bond donors (Lipinski definition) is 4. The molecular formula is C19H21N5O5. The smallest absolute Gasteiger partial charge is 0.243 e. The average molecular weight is 399 g/mol.